The van der Waals surface area contributed by atoms with Gasteiger partial charge in [0.15, 0.2) is 0 Å². The van der Waals surface area contributed by atoms with Crippen LogP contribution in [0, 0.1) is 5.92 Å². The minimum Gasteiger partial charge on any atom is -0.344 e. The molecule has 0 aromatic rings. The molecule has 1 heterocycles. The van der Waals surface area contributed by atoms with E-state index >= 15 is 0 Å². The lowest BCUT2D eigenvalue weighted by atomic mass is 10.0. The van der Waals surface area contributed by atoms with Crippen molar-refractivity contribution in [1.29, 1.82) is 0 Å². The van der Waals surface area contributed by atoms with Crippen molar-refractivity contribution in [2.45, 2.75) is 78.4 Å². The van der Waals surface area contributed by atoms with E-state index in [9.17, 15) is 9.59 Å². The van der Waals surface area contributed by atoms with E-state index in [0.717, 1.165) is 12.8 Å². The largest absolute Gasteiger partial charge is 0.344 e. The Kier molecular flexibility index (Phi) is 5.83. The van der Waals surface area contributed by atoms with Crippen LogP contribution < -0.4 is 5.32 Å². The zero-order valence-electron chi connectivity index (χ0n) is 12.9. The molecule has 0 aliphatic carbocycles. The Hall–Kier alpha value is -1.06. The Morgan fingerprint density at radius 1 is 1.26 bits per heavy atom. The maximum atomic E-state index is 12.7. The van der Waals surface area contributed by atoms with E-state index in [-0.39, 0.29) is 29.9 Å². The molecule has 1 fully saturated rings. The predicted octanol–water partition coefficient (Wildman–Crippen LogP) is 2.33. The highest BCUT2D eigenvalue weighted by Crippen LogP contribution is 2.21. The van der Waals surface area contributed by atoms with Crippen molar-refractivity contribution in [3.05, 3.63) is 0 Å². The van der Waals surface area contributed by atoms with Crippen molar-refractivity contribution >= 4 is 11.8 Å². The van der Waals surface area contributed by atoms with Gasteiger partial charge in [-0.05, 0) is 32.1 Å². The second-order valence-corrected chi connectivity index (χ2v) is 6.02. The highest BCUT2D eigenvalue weighted by atomic mass is 16.2. The zero-order valence-corrected chi connectivity index (χ0v) is 12.9. The molecule has 0 aromatic carbocycles. The molecule has 19 heavy (non-hydrogen) atoms. The van der Waals surface area contributed by atoms with Gasteiger partial charge < -0.3 is 10.2 Å². The maximum absolute atomic E-state index is 12.7. The van der Waals surface area contributed by atoms with E-state index in [2.05, 4.69) is 33.0 Å². The molecule has 4 nitrogen and oxygen atoms in total. The van der Waals surface area contributed by atoms with Crippen LogP contribution in [-0.2, 0) is 9.59 Å². The van der Waals surface area contributed by atoms with Crippen molar-refractivity contribution in [2.75, 3.05) is 0 Å². The lowest BCUT2D eigenvalue weighted by Crippen LogP contribution is -2.51. The summed E-state index contributed by atoms with van der Waals surface area (Å²) in [5, 5.41) is 2.89. The van der Waals surface area contributed by atoms with Gasteiger partial charge in [0, 0.05) is 18.5 Å². The molecule has 1 aliphatic rings. The van der Waals surface area contributed by atoms with E-state index in [4.69, 9.17) is 0 Å². The number of nitrogens with zero attached hydrogens (tertiary/aromatic N) is 1. The van der Waals surface area contributed by atoms with E-state index in [1.165, 1.54) is 0 Å². The summed E-state index contributed by atoms with van der Waals surface area (Å²) in [4.78, 5) is 26.5. The molecular formula is C15H28N2O2. The minimum absolute atomic E-state index is 0.0000406. The summed E-state index contributed by atoms with van der Waals surface area (Å²) in [6.45, 7) is 10.3. The number of rotatable bonds is 5. The molecular weight excluding hydrogens is 240 g/mol. The van der Waals surface area contributed by atoms with Crippen molar-refractivity contribution in [2.24, 2.45) is 5.92 Å². The third-order valence-corrected chi connectivity index (χ3v) is 3.89. The first kappa shape index (κ1) is 16.0. The summed E-state index contributed by atoms with van der Waals surface area (Å²) < 4.78 is 0. The topological polar surface area (TPSA) is 49.4 Å². The monoisotopic (exact) mass is 268 g/mol. The highest BCUT2D eigenvalue weighted by Gasteiger charge is 2.36. The van der Waals surface area contributed by atoms with Gasteiger partial charge in [0.2, 0.25) is 11.8 Å². The number of hydrogen-bond acceptors (Lipinski definition) is 2. The van der Waals surface area contributed by atoms with Gasteiger partial charge in [-0.25, -0.2) is 0 Å². The van der Waals surface area contributed by atoms with Gasteiger partial charge >= 0.3 is 0 Å². The zero-order chi connectivity index (χ0) is 14.6. The molecule has 110 valence electrons. The Labute approximate surface area is 116 Å². The van der Waals surface area contributed by atoms with Gasteiger partial charge in [0.1, 0.15) is 6.04 Å². The van der Waals surface area contributed by atoms with E-state index in [1.807, 2.05) is 11.8 Å². The van der Waals surface area contributed by atoms with Crippen LogP contribution in [0.25, 0.3) is 0 Å². The van der Waals surface area contributed by atoms with Crippen LogP contribution in [-0.4, -0.2) is 34.8 Å². The summed E-state index contributed by atoms with van der Waals surface area (Å²) in [6, 6.07) is -0.113. The van der Waals surface area contributed by atoms with Gasteiger partial charge in [0.05, 0.1) is 0 Å². The number of amides is 2. The molecule has 1 N–H and O–H groups in total. The lowest BCUT2D eigenvalue weighted by Gasteiger charge is -2.35. The third-order valence-electron chi connectivity index (χ3n) is 3.89. The molecule has 0 aromatic heterocycles. The summed E-state index contributed by atoms with van der Waals surface area (Å²) in [5.74, 6) is 0.493. The van der Waals surface area contributed by atoms with Crippen molar-refractivity contribution < 1.29 is 9.59 Å². The lowest BCUT2D eigenvalue weighted by molar-refractivity contribution is -0.138. The third kappa shape index (κ3) is 3.95. The molecule has 0 radical (unpaired) electrons. The number of hydrogen-bond donors (Lipinski definition) is 1. The fourth-order valence-corrected chi connectivity index (χ4v) is 2.93. The Bertz CT molecular complexity index is 324. The Morgan fingerprint density at radius 3 is 2.32 bits per heavy atom. The van der Waals surface area contributed by atoms with Crippen molar-refractivity contribution in [3.8, 4) is 0 Å². The number of nitrogens with one attached hydrogen (secondary N) is 1. The first-order valence-corrected chi connectivity index (χ1v) is 7.52. The second kappa shape index (κ2) is 6.92. The van der Waals surface area contributed by atoms with Crippen LogP contribution in [0.5, 0.6) is 0 Å². The average molecular weight is 268 g/mol. The first-order chi connectivity index (χ1) is 8.90. The molecule has 1 aliphatic heterocycles. The van der Waals surface area contributed by atoms with Gasteiger partial charge in [-0.2, -0.15) is 0 Å². The molecule has 0 spiro atoms. The van der Waals surface area contributed by atoms with Crippen LogP contribution >= 0.6 is 0 Å². The predicted molar refractivity (Wildman–Crippen MR) is 76.7 cm³/mol. The molecule has 4 heteroatoms. The summed E-state index contributed by atoms with van der Waals surface area (Å²) in [7, 11) is 0. The SMILES string of the molecule is CCC(CC)N1C(=O)C(CC(C)C)NC(=O)CC1C. The Morgan fingerprint density at radius 2 is 1.84 bits per heavy atom. The fourth-order valence-electron chi connectivity index (χ4n) is 2.93. The molecule has 1 saturated heterocycles. The Balaban J connectivity index is 2.98. The van der Waals surface area contributed by atoms with E-state index in [1.54, 1.807) is 0 Å². The molecule has 2 unspecified atom stereocenters. The normalized spacial score (nSPS) is 24.9. The van der Waals surface area contributed by atoms with E-state index < -0.39 is 0 Å². The second-order valence-electron chi connectivity index (χ2n) is 6.02. The van der Waals surface area contributed by atoms with Crippen molar-refractivity contribution in [1.82, 2.24) is 10.2 Å². The fraction of sp³-hybridized carbons (Fsp3) is 0.867. The first-order valence-electron chi connectivity index (χ1n) is 7.52. The smallest absolute Gasteiger partial charge is 0.245 e. The maximum Gasteiger partial charge on any atom is 0.245 e. The minimum atomic E-state index is -0.349. The van der Waals surface area contributed by atoms with Crippen LogP contribution in [0.4, 0.5) is 0 Å². The molecule has 0 bridgehead atoms. The van der Waals surface area contributed by atoms with Gasteiger partial charge in [-0.3, -0.25) is 9.59 Å². The molecule has 0 saturated carbocycles. The standard InChI is InChI=1S/C15H28N2O2/c1-6-12(7-2)17-11(5)9-14(18)16-13(15(17)19)8-10(3)4/h10-13H,6-9H2,1-5H3,(H,16,18). The number of carbonyl (C=O) groups is 2. The molecule has 1 rings (SSSR count). The van der Waals surface area contributed by atoms with Crippen LogP contribution in [0.15, 0.2) is 0 Å². The quantitative estimate of drug-likeness (QED) is 0.832. The average Bonchev–Trinajstić information content (AvgIpc) is 2.41. The van der Waals surface area contributed by atoms with Crippen molar-refractivity contribution in [3.63, 3.8) is 0 Å². The van der Waals surface area contributed by atoms with E-state index in [0.29, 0.717) is 18.8 Å². The summed E-state index contributed by atoms with van der Waals surface area (Å²) >= 11 is 0. The number of carbonyl (C=O) groups excluding carboxylic acids is 2. The van der Waals surface area contributed by atoms with Gasteiger partial charge in [-0.1, -0.05) is 27.7 Å². The van der Waals surface area contributed by atoms with Crippen LogP contribution in [0.3, 0.4) is 0 Å². The van der Waals surface area contributed by atoms with Crippen LogP contribution in [0.1, 0.15) is 60.3 Å². The molecule has 2 atom stereocenters. The molecule has 2 amide bonds. The summed E-state index contributed by atoms with van der Waals surface area (Å²) in [5.41, 5.74) is 0. The van der Waals surface area contributed by atoms with Gasteiger partial charge in [0.25, 0.3) is 0 Å². The van der Waals surface area contributed by atoms with Crippen LogP contribution in [0.2, 0.25) is 0 Å². The van der Waals surface area contributed by atoms with Gasteiger partial charge in [-0.15, -0.1) is 0 Å². The highest BCUT2D eigenvalue weighted by molar-refractivity contribution is 5.90. The summed E-state index contributed by atoms with van der Waals surface area (Å²) in [6.07, 6.45) is 3.01.